The van der Waals surface area contributed by atoms with Crippen LogP contribution in [0.25, 0.3) is 5.76 Å². The molecule has 2 N–H and O–H groups in total. The highest BCUT2D eigenvalue weighted by atomic mass is 16.6. The van der Waals surface area contributed by atoms with Gasteiger partial charge in [-0.3, -0.25) is 19.7 Å². The second-order valence-corrected chi connectivity index (χ2v) is 11.3. The number of nitro groups is 1. The SMILES string of the molecule is CCCCCCCCCCCCCCCCN1C(=O)C(=O)/C(=C(/O)c2ccc([N+](=O)[O-])cc2)C1c1ccc(O)c(OC)c1. The maximum Gasteiger partial charge on any atom is 0.295 e. The molecule has 0 spiro atoms. The Morgan fingerprint density at radius 1 is 0.860 bits per heavy atom. The molecule has 9 nitrogen and oxygen atoms in total. The van der Waals surface area contributed by atoms with Gasteiger partial charge in [-0.1, -0.05) is 96.5 Å². The minimum atomic E-state index is -0.897. The number of carbonyl (C=O) groups excluding carboxylic acids is 2. The molecule has 1 aliphatic rings. The lowest BCUT2D eigenvalue weighted by Gasteiger charge is -2.26. The van der Waals surface area contributed by atoms with Gasteiger partial charge in [0.1, 0.15) is 5.76 Å². The average Bonchev–Trinajstić information content (AvgIpc) is 3.26. The molecule has 2 aromatic carbocycles. The Kier molecular flexibility index (Phi) is 13.5. The third kappa shape index (κ3) is 9.30. The summed E-state index contributed by atoms with van der Waals surface area (Å²) in [5.74, 6) is -1.86. The first kappa shape index (κ1) is 33.6. The molecule has 0 aliphatic carbocycles. The van der Waals surface area contributed by atoms with E-state index in [2.05, 4.69) is 6.92 Å². The molecule has 0 aromatic heterocycles. The van der Waals surface area contributed by atoms with Gasteiger partial charge >= 0.3 is 0 Å². The van der Waals surface area contributed by atoms with E-state index in [1.807, 2.05) is 0 Å². The fraction of sp³-hybridized carbons (Fsp3) is 0.529. The van der Waals surface area contributed by atoms with Crippen LogP contribution in [-0.4, -0.2) is 45.4 Å². The Morgan fingerprint density at radius 3 is 1.91 bits per heavy atom. The van der Waals surface area contributed by atoms with Gasteiger partial charge in [0.2, 0.25) is 0 Å². The van der Waals surface area contributed by atoms with Crippen LogP contribution in [0.5, 0.6) is 11.5 Å². The fourth-order valence-corrected chi connectivity index (χ4v) is 5.69. The number of benzene rings is 2. The highest BCUT2D eigenvalue weighted by molar-refractivity contribution is 6.46. The Labute approximate surface area is 254 Å². The number of rotatable bonds is 19. The number of non-ortho nitro benzene ring substituents is 1. The predicted molar refractivity (Wildman–Crippen MR) is 167 cm³/mol. The van der Waals surface area contributed by atoms with Crippen molar-refractivity contribution in [3.63, 3.8) is 0 Å². The van der Waals surface area contributed by atoms with Crippen LogP contribution in [-0.2, 0) is 9.59 Å². The summed E-state index contributed by atoms with van der Waals surface area (Å²) in [5, 5.41) is 32.4. The van der Waals surface area contributed by atoms with E-state index < -0.39 is 28.4 Å². The third-order valence-corrected chi connectivity index (χ3v) is 8.16. The smallest absolute Gasteiger partial charge is 0.295 e. The van der Waals surface area contributed by atoms with Gasteiger partial charge in [0.25, 0.3) is 17.4 Å². The number of nitrogens with zero attached hydrogens (tertiary/aromatic N) is 2. The van der Waals surface area contributed by atoms with Crippen LogP contribution in [0.2, 0.25) is 0 Å². The summed E-state index contributed by atoms with van der Waals surface area (Å²) in [7, 11) is 1.40. The molecule has 2 aromatic rings. The summed E-state index contributed by atoms with van der Waals surface area (Å²) < 4.78 is 5.26. The van der Waals surface area contributed by atoms with Crippen LogP contribution in [0.4, 0.5) is 5.69 Å². The molecule has 234 valence electrons. The van der Waals surface area contributed by atoms with Crippen LogP contribution in [0.3, 0.4) is 0 Å². The molecule has 43 heavy (non-hydrogen) atoms. The number of methoxy groups -OCH3 is 1. The van der Waals surface area contributed by atoms with Crippen molar-refractivity contribution in [1.29, 1.82) is 0 Å². The number of nitro benzene ring substituents is 1. The summed E-state index contributed by atoms with van der Waals surface area (Å²) in [6.45, 7) is 2.57. The van der Waals surface area contributed by atoms with E-state index in [0.29, 0.717) is 18.5 Å². The number of aliphatic hydroxyl groups is 1. The zero-order valence-electron chi connectivity index (χ0n) is 25.6. The quantitative estimate of drug-likeness (QED) is 0.0418. The zero-order chi connectivity index (χ0) is 31.2. The van der Waals surface area contributed by atoms with E-state index in [1.165, 1.54) is 107 Å². The number of unbranched alkanes of at least 4 members (excludes halogenated alkanes) is 13. The lowest BCUT2D eigenvalue weighted by Crippen LogP contribution is -2.30. The van der Waals surface area contributed by atoms with Crippen molar-refractivity contribution in [3.8, 4) is 11.5 Å². The standard InChI is InChI=1S/C34H46N2O7/c1-3-4-5-6-7-8-9-10-11-12-13-14-15-16-23-35-31(26-19-22-28(37)29(24-26)43-2)30(33(39)34(35)40)32(38)25-17-20-27(21-18-25)36(41)42/h17-22,24,31,37-38H,3-16,23H2,1-2H3/b32-30+. The lowest BCUT2D eigenvalue weighted by molar-refractivity contribution is -0.384. The van der Waals surface area contributed by atoms with Crippen molar-refractivity contribution < 1.29 is 29.5 Å². The van der Waals surface area contributed by atoms with Crippen LogP contribution in [0.1, 0.15) is 114 Å². The number of hydrogen-bond acceptors (Lipinski definition) is 7. The van der Waals surface area contributed by atoms with Crippen molar-refractivity contribution in [2.45, 2.75) is 103 Å². The molecule has 0 bridgehead atoms. The Hall–Kier alpha value is -3.88. The minimum Gasteiger partial charge on any atom is -0.507 e. The fourth-order valence-electron chi connectivity index (χ4n) is 5.69. The molecule has 1 aliphatic heterocycles. The number of Topliss-reactive ketones (excluding diaryl/α,β-unsaturated/α-hetero) is 1. The number of aliphatic hydroxyl groups excluding tert-OH is 1. The first-order valence-electron chi connectivity index (χ1n) is 15.7. The second-order valence-electron chi connectivity index (χ2n) is 11.3. The molecule has 1 heterocycles. The Bertz CT molecular complexity index is 1260. The van der Waals surface area contributed by atoms with Crippen molar-refractivity contribution in [2.24, 2.45) is 0 Å². The first-order chi connectivity index (χ1) is 20.8. The largest absolute Gasteiger partial charge is 0.507 e. The van der Waals surface area contributed by atoms with Crippen molar-refractivity contribution in [3.05, 3.63) is 69.3 Å². The monoisotopic (exact) mass is 594 g/mol. The van der Waals surface area contributed by atoms with Gasteiger partial charge < -0.3 is 19.8 Å². The van der Waals surface area contributed by atoms with Gasteiger partial charge in [-0.15, -0.1) is 0 Å². The van der Waals surface area contributed by atoms with Gasteiger partial charge in [-0.05, 0) is 36.2 Å². The van der Waals surface area contributed by atoms with Gasteiger partial charge in [0.15, 0.2) is 11.5 Å². The Morgan fingerprint density at radius 2 is 1.40 bits per heavy atom. The molecule has 1 atom stereocenters. The third-order valence-electron chi connectivity index (χ3n) is 8.16. The van der Waals surface area contributed by atoms with E-state index >= 15 is 0 Å². The molecule has 0 saturated carbocycles. The maximum atomic E-state index is 13.3. The number of phenols is 1. The summed E-state index contributed by atoms with van der Waals surface area (Å²) in [5.41, 5.74) is 0.435. The van der Waals surface area contributed by atoms with Crippen LogP contribution in [0.15, 0.2) is 48.0 Å². The molecule has 1 fully saturated rings. The second kappa shape index (κ2) is 17.3. The van der Waals surface area contributed by atoms with E-state index in [0.717, 1.165) is 19.3 Å². The molecule has 1 unspecified atom stereocenters. The molecule has 1 amide bonds. The first-order valence-corrected chi connectivity index (χ1v) is 15.7. The predicted octanol–water partition coefficient (Wildman–Crippen LogP) is 8.21. The lowest BCUT2D eigenvalue weighted by atomic mass is 9.94. The number of hydrogen-bond donors (Lipinski definition) is 2. The van der Waals surface area contributed by atoms with Crippen LogP contribution < -0.4 is 4.74 Å². The van der Waals surface area contributed by atoms with E-state index in [4.69, 9.17) is 4.74 Å². The summed E-state index contributed by atoms with van der Waals surface area (Å²) in [6.07, 6.45) is 16.8. The van der Waals surface area contributed by atoms with Crippen molar-refractivity contribution in [1.82, 2.24) is 4.90 Å². The van der Waals surface area contributed by atoms with Crippen LogP contribution in [0, 0.1) is 10.1 Å². The molecule has 9 heteroatoms. The summed E-state index contributed by atoms with van der Waals surface area (Å²) >= 11 is 0. The molecular weight excluding hydrogens is 548 g/mol. The van der Waals surface area contributed by atoms with Crippen molar-refractivity contribution in [2.75, 3.05) is 13.7 Å². The topological polar surface area (TPSA) is 130 Å². The van der Waals surface area contributed by atoms with E-state index in [9.17, 15) is 29.9 Å². The number of amides is 1. The number of aromatic hydroxyl groups is 1. The molecule has 0 radical (unpaired) electrons. The minimum absolute atomic E-state index is 0.0921. The van der Waals surface area contributed by atoms with Gasteiger partial charge in [-0.25, -0.2) is 0 Å². The van der Waals surface area contributed by atoms with Crippen LogP contribution >= 0.6 is 0 Å². The number of ketones is 1. The molecule has 3 rings (SSSR count). The highest BCUT2D eigenvalue weighted by Crippen LogP contribution is 2.42. The maximum absolute atomic E-state index is 13.3. The highest BCUT2D eigenvalue weighted by Gasteiger charge is 2.46. The Balaban J connectivity index is 1.63. The van der Waals surface area contributed by atoms with E-state index in [1.54, 1.807) is 12.1 Å². The molecule has 1 saturated heterocycles. The number of carbonyl (C=O) groups is 2. The van der Waals surface area contributed by atoms with Crippen molar-refractivity contribution >= 4 is 23.1 Å². The number of ether oxygens (including phenoxy) is 1. The van der Waals surface area contributed by atoms with Gasteiger partial charge in [-0.2, -0.15) is 0 Å². The normalized spacial score (nSPS) is 16.1. The van der Waals surface area contributed by atoms with Gasteiger partial charge in [0.05, 0.1) is 23.6 Å². The summed E-state index contributed by atoms with van der Waals surface area (Å²) in [4.78, 5) is 38.5. The zero-order valence-corrected chi connectivity index (χ0v) is 25.6. The summed E-state index contributed by atoms with van der Waals surface area (Å²) in [6, 6.07) is 8.84. The van der Waals surface area contributed by atoms with Gasteiger partial charge in [0, 0.05) is 24.2 Å². The molecular formula is C34H46N2O7. The average molecular weight is 595 g/mol. The number of phenolic OH excluding ortho intramolecular Hbond substituents is 1. The van der Waals surface area contributed by atoms with E-state index in [-0.39, 0.29) is 28.3 Å². The number of likely N-dealkylation sites (tertiary alicyclic amines) is 1.